The van der Waals surface area contributed by atoms with Crippen molar-refractivity contribution < 1.29 is 9.47 Å². The SMILES string of the molecule is CCCCc1cc(CCCC)cc(-c2cc(C)ccc2OC(CCC)OC)c1. The van der Waals surface area contributed by atoms with Crippen LogP contribution in [0, 0.1) is 6.92 Å². The molecule has 0 aliphatic heterocycles. The smallest absolute Gasteiger partial charge is 0.199 e. The molecule has 0 radical (unpaired) electrons. The Bertz CT molecular complexity index is 694. The second-order valence-electron chi connectivity index (χ2n) is 7.82. The summed E-state index contributed by atoms with van der Waals surface area (Å²) in [5.41, 5.74) is 6.57. The quantitative estimate of drug-likeness (QED) is 0.354. The van der Waals surface area contributed by atoms with Crippen LogP contribution in [0.15, 0.2) is 36.4 Å². The van der Waals surface area contributed by atoms with Crippen molar-refractivity contribution in [1.82, 2.24) is 0 Å². The van der Waals surface area contributed by atoms with Crippen LogP contribution in [0.2, 0.25) is 0 Å². The molecule has 0 N–H and O–H groups in total. The summed E-state index contributed by atoms with van der Waals surface area (Å²) >= 11 is 0. The van der Waals surface area contributed by atoms with Crippen LogP contribution in [0.3, 0.4) is 0 Å². The van der Waals surface area contributed by atoms with E-state index in [0.717, 1.165) is 31.4 Å². The Hall–Kier alpha value is -1.80. The van der Waals surface area contributed by atoms with Gasteiger partial charge >= 0.3 is 0 Å². The minimum absolute atomic E-state index is 0.200. The molecule has 0 fully saturated rings. The van der Waals surface area contributed by atoms with Crippen molar-refractivity contribution in [2.45, 2.75) is 85.4 Å². The molecule has 0 aromatic heterocycles. The van der Waals surface area contributed by atoms with Gasteiger partial charge in [-0.25, -0.2) is 0 Å². The van der Waals surface area contributed by atoms with E-state index in [9.17, 15) is 0 Å². The number of methoxy groups -OCH3 is 1. The molecule has 2 rings (SSSR count). The number of unbranched alkanes of at least 4 members (excludes halogenated alkanes) is 2. The number of aryl methyl sites for hydroxylation is 3. The van der Waals surface area contributed by atoms with Crippen LogP contribution >= 0.6 is 0 Å². The molecule has 2 nitrogen and oxygen atoms in total. The summed E-state index contributed by atoms with van der Waals surface area (Å²) in [5, 5.41) is 0. The van der Waals surface area contributed by atoms with Gasteiger partial charge in [0.15, 0.2) is 6.29 Å². The minimum Gasteiger partial charge on any atom is -0.464 e. The lowest BCUT2D eigenvalue weighted by Crippen LogP contribution is -2.18. The molecule has 0 amide bonds. The van der Waals surface area contributed by atoms with Gasteiger partial charge in [-0.05, 0) is 61.4 Å². The molecule has 0 spiro atoms. The maximum absolute atomic E-state index is 6.26. The number of ether oxygens (including phenoxy) is 2. The fourth-order valence-electron chi connectivity index (χ4n) is 3.54. The third-order valence-electron chi connectivity index (χ3n) is 5.18. The standard InChI is InChI=1S/C26H38O2/c1-6-9-12-21-17-22(13-10-7-2)19-23(18-21)24-16-20(4)14-15-25(24)28-26(27-5)11-8-3/h14-19,26H,6-13H2,1-5H3. The van der Waals surface area contributed by atoms with Gasteiger partial charge < -0.3 is 9.47 Å². The van der Waals surface area contributed by atoms with E-state index in [4.69, 9.17) is 9.47 Å². The maximum Gasteiger partial charge on any atom is 0.199 e. The van der Waals surface area contributed by atoms with Crippen molar-refractivity contribution >= 4 is 0 Å². The van der Waals surface area contributed by atoms with Crippen LogP contribution in [0.5, 0.6) is 5.75 Å². The summed E-state index contributed by atoms with van der Waals surface area (Å²) < 4.78 is 11.8. The van der Waals surface area contributed by atoms with Crippen LogP contribution < -0.4 is 4.74 Å². The van der Waals surface area contributed by atoms with E-state index in [1.807, 2.05) is 0 Å². The summed E-state index contributed by atoms with van der Waals surface area (Å²) in [5.74, 6) is 0.917. The van der Waals surface area contributed by atoms with E-state index in [0.29, 0.717) is 0 Å². The van der Waals surface area contributed by atoms with Crippen LogP contribution in [-0.4, -0.2) is 13.4 Å². The summed E-state index contributed by atoms with van der Waals surface area (Å²) in [4.78, 5) is 0. The molecule has 0 heterocycles. The van der Waals surface area contributed by atoms with Gasteiger partial charge in [0.2, 0.25) is 0 Å². The Morgan fingerprint density at radius 3 is 2.00 bits per heavy atom. The van der Waals surface area contributed by atoms with Crippen molar-refractivity contribution in [2.75, 3.05) is 7.11 Å². The average molecular weight is 383 g/mol. The van der Waals surface area contributed by atoms with Crippen molar-refractivity contribution in [3.05, 3.63) is 53.1 Å². The first-order chi connectivity index (χ1) is 13.6. The van der Waals surface area contributed by atoms with Crippen molar-refractivity contribution in [1.29, 1.82) is 0 Å². The fourth-order valence-corrected chi connectivity index (χ4v) is 3.54. The highest BCUT2D eigenvalue weighted by Crippen LogP contribution is 2.34. The summed E-state index contributed by atoms with van der Waals surface area (Å²) in [6.07, 6.45) is 8.92. The largest absolute Gasteiger partial charge is 0.464 e. The predicted octanol–water partition coefficient (Wildman–Crippen LogP) is 7.50. The van der Waals surface area contributed by atoms with Crippen molar-refractivity contribution in [2.24, 2.45) is 0 Å². The zero-order chi connectivity index (χ0) is 20.4. The molecule has 0 saturated heterocycles. The number of rotatable bonds is 12. The average Bonchev–Trinajstić information content (AvgIpc) is 2.71. The first-order valence-electron chi connectivity index (χ1n) is 11.0. The molecule has 28 heavy (non-hydrogen) atoms. The highest BCUT2D eigenvalue weighted by Gasteiger charge is 2.14. The van der Waals surface area contributed by atoms with Gasteiger partial charge in [0.1, 0.15) is 5.75 Å². The predicted molar refractivity (Wildman–Crippen MR) is 120 cm³/mol. The fraction of sp³-hybridized carbons (Fsp3) is 0.538. The van der Waals surface area contributed by atoms with E-state index in [-0.39, 0.29) is 6.29 Å². The van der Waals surface area contributed by atoms with Crippen LogP contribution in [0.25, 0.3) is 11.1 Å². The minimum atomic E-state index is -0.200. The van der Waals surface area contributed by atoms with Crippen molar-refractivity contribution in [3.8, 4) is 16.9 Å². The normalized spacial score (nSPS) is 12.2. The molecule has 0 bridgehead atoms. The highest BCUT2D eigenvalue weighted by molar-refractivity contribution is 5.72. The van der Waals surface area contributed by atoms with Gasteiger partial charge in [0.25, 0.3) is 0 Å². The molecule has 2 aromatic rings. The summed E-state index contributed by atoms with van der Waals surface area (Å²) in [7, 11) is 1.72. The molecule has 2 heteroatoms. The second kappa shape index (κ2) is 11.9. The van der Waals surface area contributed by atoms with E-state index in [1.54, 1.807) is 7.11 Å². The Labute approximate surface area is 172 Å². The zero-order valence-electron chi connectivity index (χ0n) is 18.5. The lowest BCUT2D eigenvalue weighted by Gasteiger charge is -2.20. The van der Waals surface area contributed by atoms with Crippen LogP contribution in [0.4, 0.5) is 0 Å². The monoisotopic (exact) mass is 382 g/mol. The summed E-state index contributed by atoms with van der Waals surface area (Å²) in [6, 6.07) is 13.6. The highest BCUT2D eigenvalue weighted by atomic mass is 16.7. The van der Waals surface area contributed by atoms with Gasteiger partial charge in [-0.3, -0.25) is 0 Å². The van der Waals surface area contributed by atoms with Gasteiger partial charge in [-0.1, -0.05) is 69.9 Å². The number of hydrogen-bond donors (Lipinski definition) is 0. The molecular formula is C26H38O2. The van der Waals surface area contributed by atoms with Crippen LogP contribution in [0.1, 0.15) is 76.0 Å². The third-order valence-corrected chi connectivity index (χ3v) is 5.18. The Balaban J connectivity index is 2.44. The summed E-state index contributed by atoms with van der Waals surface area (Å²) in [6.45, 7) is 8.81. The van der Waals surface area contributed by atoms with Gasteiger partial charge in [-0.2, -0.15) is 0 Å². The molecule has 1 atom stereocenters. The lowest BCUT2D eigenvalue weighted by molar-refractivity contribution is -0.0580. The van der Waals surface area contributed by atoms with Crippen molar-refractivity contribution in [3.63, 3.8) is 0 Å². The molecule has 0 aliphatic carbocycles. The first-order valence-corrected chi connectivity index (χ1v) is 11.0. The maximum atomic E-state index is 6.26. The second-order valence-corrected chi connectivity index (χ2v) is 7.82. The third kappa shape index (κ3) is 6.67. The van der Waals surface area contributed by atoms with E-state index in [2.05, 4.69) is 64.1 Å². The first kappa shape index (κ1) is 22.5. The van der Waals surface area contributed by atoms with E-state index >= 15 is 0 Å². The Morgan fingerprint density at radius 1 is 0.821 bits per heavy atom. The number of benzene rings is 2. The molecule has 0 aliphatic rings. The number of hydrogen-bond acceptors (Lipinski definition) is 2. The molecule has 0 saturated carbocycles. The molecular weight excluding hydrogens is 344 g/mol. The van der Waals surface area contributed by atoms with E-state index < -0.39 is 0 Å². The van der Waals surface area contributed by atoms with E-state index in [1.165, 1.54) is 53.5 Å². The van der Waals surface area contributed by atoms with Gasteiger partial charge in [-0.15, -0.1) is 0 Å². The van der Waals surface area contributed by atoms with Gasteiger partial charge in [0.05, 0.1) is 0 Å². The Kier molecular flexibility index (Phi) is 9.57. The topological polar surface area (TPSA) is 18.5 Å². The Morgan fingerprint density at radius 2 is 1.46 bits per heavy atom. The van der Waals surface area contributed by atoms with Gasteiger partial charge in [0, 0.05) is 19.1 Å². The van der Waals surface area contributed by atoms with Crippen LogP contribution in [-0.2, 0) is 17.6 Å². The molecule has 154 valence electrons. The lowest BCUT2D eigenvalue weighted by atomic mass is 9.94. The zero-order valence-corrected chi connectivity index (χ0v) is 18.5. The molecule has 1 unspecified atom stereocenters. The molecule has 2 aromatic carbocycles.